The van der Waals surface area contributed by atoms with E-state index < -0.39 is 4.92 Å². The number of hydrogen-bond donors (Lipinski definition) is 1. The summed E-state index contributed by atoms with van der Waals surface area (Å²) in [5.74, 6) is 1.17. The van der Waals surface area contributed by atoms with Gasteiger partial charge in [-0.3, -0.25) is 15.3 Å². The van der Waals surface area contributed by atoms with Crippen LogP contribution in [0.1, 0.15) is 5.56 Å². The number of ether oxygens (including phenoxy) is 1. The van der Waals surface area contributed by atoms with E-state index in [1.54, 1.807) is 6.07 Å². The molecule has 0 amide bonds. The highest BCUT2D eigenvalue weighted by molar-refractivity contribution is 7.97. The Hall–Kier alpha value is -2.05. The first-order valence-electron chi connectivity index (χ1n) is 5.50. The van der Waals surface area contributed by atoms with Gasteiger partial charge in [-0.15, -0.1) is 0 Å². The van der Waals surface area contributed by atoms with Gasteiger partial charge >= 0.3 is 0 Å². The van der Waals surface area contributed by atoms with Crippen molar-refractivity contribution < 1.29 is 9.66 Å². The summed E-state index contributed by atoms with van der Waals surface area (Å²) in [6, 6.07) is 11.9. The molecule has 0 unspecified atom stereocenters. The van der Waals surface area contributed by atoms with Crippen molar-refractivity contribution in [2.75, 3.05) is 0 Å². The Bertz CT molecular complexity index is 617. The van der Waals surface area contributed by atoms with Crippen molar-refractivity contribution in [1.82, 2.24) is 0 Å². The van der Waals surface area contributed by atoms with Gasteiger partial charge in [0, 0.05) is 12.1 Å². The van der Waals surface area contributed by atoms with E-state index in [1.165, 1.54) is 12.1 Å². The van der Waals surface area contributed by atoms with E-state index >= 15 is 0 Å². The maximum absolute atomic E-state index is 10.7. The zero-order valence-corrected chi connectivity index (χ0v) is 11.0. The number of aryl methyl sites for hydroxylation is 1. The molecule has 0 saturated heterocycles. The maximum atomic E-state index is 10.7. The molecule has 0 fully saturated rings. The molecule has 0 aliphatic carbocycles. The molecule has 0 aliphatic rings. The van der Waals surface area contributed by atoms with E-state index in [9.17, 15) is 10.1 Å². The smallest absolute Gasteiger partial charge is 0.270 e. The molecule has 2 N–H and O–H groups in total. The van der Waals surface area contributed by atoms with Crippen molar-refractivity contribution in [1.29, 1.82) is 0 Å². The second kappa shape index (κ2) is 5.73. The van der Waals surface area contributed by atoms with Gasteiger partial charge in [-0.2, -0.15) is 0 Å². The molecular weight excluding hydrogens is 264 g/mol. The summed E-state index contributed by atoms with van der Waals surface area (Å²) in [7, 11) is 0. The topological polar surface area (TPSA) is 78.4 Å². The van der Waals surface area contributed by atoms with Crippen LogP contribution >= 0.6 is 11.9 Å². The van der Waals surface area contributed by atoms with Gasteiger partial charge in [0.2, 0.25) is 0 Å². The second-order valence-corrected chi connectivity index (χ2v) is 4.60. The molecule has 0 atom stereocenters. The summed E-state index contributed by atoms with van der Waals surface area (Å²) in [6.45, 7) is 1.96. The number of hydrogen-bond acceptors (Lipinski definition) is 5. The van der Waals surface area contributed by atoms with Crippen molar-refractivity contribution >= 4 is 17.6 Å². The molecule has 19 heavy (non-hydrogen) atoms. The van der Waals surface area contributed by atoms with Crippen molar-refractivity contribution in [2.24, 2.45) is 5.14 Å². The molecule has 0 radical (unpaired) electrons. The van der Waals surface area contributed by atoms with Gasteiger partial charge < -0.3 is 4.74 Å². The van der Waals surface area contributed by atoms with Crippen LogP contribution in [-0.4, -0.2) is 4.92 Å². The summed E-state index contributed by atoms with van der Waals surface area (Å²) in [5.41, 5.74) is 1.06. The molecule has 0 bridgehead atoms. The minimum atomic E-state index is -0.462. The minimum Gasteiger partial charge on any atom is -0.456 e. The second-order valence-electron chi connectivity index (χ2n) is 3.92. The fourth-order valence-electron chi connectivity index (χ4n) is 1.59. The van der Waals surface area contributed by atoms with E-state index in [-0.39, 0.29) is 5.69 Å². The van der Waals surface area contributed by atoms with Crippen molar-refractivity contribution in [3.05, 3.63) is 58.1 Å². The van der Waals surface area contributed by atoms with Crippen LogP contribution in [0.15, 0.2) is 47.4 Å². The average Bonchev–Trinajstić information content (AvgIpc) is 2.39. The maximum Gasteiger partial charge on any atom is 0.270 e. The highest BCUT2D eigenvalue weighted by atomic mass is 32.2. The number of benzene rings is 2. The number of rotatable bonds is 4. The minimum absolute atomic E-state index is 0.00968. The molecule has 2 aromatic carbocycles. The van der Waals surface area contributed by atoms with Crippen LogP contribution in [0, 0.1) is 17.0 Å². The summed E-state index contributed by atoms with van der Waals surface area (Å²) in [5, 5.41) is 16.2. The van der Waals surface area contributed by atoms with Crippen molar-refractivity contribution in [2.45, 2.75) is 11.8 Å². The van der Waals surface area contributed by atoms with Crippen LogP contribution in [0.25, 0.3) is 0 Å². The van der Waals surface area contributed by atoms with E-state index in [2.05, 4.69) is 0 Å². The van der Waals surface area contributed by atoms with Gasteiger partial charge in [-0.1, -0.05) is 12.1 Å². The molecule has 6 heteroatoms. The molecule has 5 nitrogen and oxygen atoms in total. The standard InChI is InChI=1S/C13H12N2O3S/c1-9-3-2-4-11(7-9)18-12-6-5-10(15(16)17)8-13(12)19-14/h2-8H,14H2,1H3. The molecule has 0 aliphatic heterocycles. The number of nitro benzene ring substituents is 1. The zero-order valence-electron chi connectivity index (χ0n) is 10.2. The lowest BCUT2D eigenvalue weighted by Crippen LogP contribution is -1.93. The lowest BCUT2D eigenvalue weighted by Gasteiger charge is -2.09. The largest absolute Gasteiger partial charge is 0.456 e. The van der Waals surface area contributed by atoms with Gasteiger partial charge in [0.15, 0.2) is 0 Å². The van der Waals surface area contributed by atoms with Gasteiger partial charge in [0.25, 0.3) is 5.69 Å². The van der Waals surface area contributed by atoms with E-state index in [0.717, 1.165) is 17.5 Å². The third kappa shape index (κ3) is 3.24. The summed E-state index contributed by atoms with van der Waals surface area (Å²) >= 11 is 0.921. The first kappa shape index (κ1) is 13.4. The Morgan fingerprint density at radius 2 is 2.05 bits per heavy atom. The van der Waals surface area contributed by atoms with Crippen LogP contribution in [0.2, 0.25) is 0 Å². The molecule has 2 rings (SSSR count). The Kier molecular flexibility index (Phi) is 4.03. The number of nitrogens with two attached hydrogens (primary N) is 1. The molecule has 0 heterocycles. The Morgan fingerprint density at radius 1 is 1.26 bits per heavy atom. The quantitative estimate of drug-likeness (QED) is 0.523. The average molecular weight is 276 g/mol. The predicted octanol–water partition coefficient (Wildman–Crippen LogP) is 3.66. The molecule has 0 aromatic heterocycles. The van der Waals surface area contributed by atoms with Crippen LogP contribution in [0.4, 0.5) is 5.69 Å². The van der Waals surface area contributed by atoms with E-state index in [4.69, 9.17) is 9.88 Å². The highest BCUT2D eigenvalue weighted by Gasteiger charge is 2.12. The van der Waals surface area contributed by atoms with Crippen LogP contribution in [0.5, 0.6) is 11.5 Å². The summed E-state index contributed by atoms with van der Waals surface area (Å²) in [6.07, 6.45) is 0. The number of non-ortho nitro benzene ring substituents is 1. The molecule has 98 valence electrons. The highest BCUT2D eigenvalue weighted by Crippen LogP contribution is 2.33. The first-order valence-corrected chi connectivity index (χ1v) is 6.38. The van der Waals surface area contributed by atoms with Gasteiger partial charge in [0.05, 0.1) is 9.82 Å². The molecule has 0 saturated carbocycles. The third-order valence-corrected chi connectivity index (χ3v) is 3.06. The lowest BCUT2D eigenvalue weighted by atomic mass is 10.2. The number of nitro groups is 1. The van der Waals surface area contributed by atoms with Crippen molar-refractivity contribution in [3.8, 4) is 11.5 Å². The first-order chi connectivity index (χ1) is 9.10. The fourth-order valence-corrected chi connectivity index (χ4v) is 2.01. The monoisotopic (exact) mass is 276 g/mol. The summed E-state index contributed by atoms with van der Waals surface area (Å²) in [4.78, 5) is 10.8. The lowest BCUT2D eigenvalue weighted by molar-refractivity contribution is -0.385. The van der Waals surface area contributed by atoms with Gasteiger partial charge in [0.1, 0.15) is 11.5 Å². The predicted molar refractivity (Wildman–Crippen MR) is 74.4 cm³/mol. The fraction of sp³-hybridized carbons (Fsp3) is 0.0769. The van der Waals surface area contributed by atoms with Gasteiger partial charge in [-0.05, 0) is 42.6 Å². The van der Waals surface area contributed by atoms with Crippen LogP contribution < -0.4 is 9.88 Å². The Morgan fingerprint density at radius 3 is 2.68 bits per heavy atom. The normalized spacial score (nSPS) is 10.2. The van der Waals surface area contributed by atoms with Crippen molar-refractivity contribution in [3.63, 3.8) is 0 Å². The Balaban J connectivity index is 2.32. The van der Waals surface area contributed by atoms with E-state index in [1.807, 2.05) is 31.2 Å². The SMILES string of the molecule is Cc1cccc(Oc2ccc([N+](=O)[O-])cc2SN)c1. The van der Waals surface area contributed by atoms with E-state index in [0.29, 0.717) is 16.4 Å². The van der Waals surface area contributed by atoms with Crippen LogP contribution in [-0.2, 0) is 0 Å². The molecular formula is C13H12N2O3S. The van der Waals surface area contributed by atoms with Gasteiger partial charge in [-0.25, -0.2) is 0 Å². The zero-order chi connectivity index (χ0) is 13.8. The van der Waals surface area contributed by atoms with Crippen LogP contribution in [0.3, 0.4) is 0 Å². The third-order valence-electron chi connectivity index (χ3n) is 2.48. The Labute approximate surface area is 114 Å². The molecule has 2 aromatic rings. The summed E-state index contributed by atoms with van der Waals surface area (Å²) < 4.78 is 5.69. The number of nitrogens with zero attached hydrogens (tertiary/aromatic N) is 1. The molecule has 0 spiro atoms.